The summed E-state index contributed by atoms with van der Waals surface area (Å²) in [6.07, 6.45) is 2.92. The average molecular weight is 230 g/mol. The number of sulfone groups is 1. The van der Waals surface area contributed by atoms with Gasteiger partial charge in [-0.1, -0.05) is 6.08 Å². The van der Waals surface area contributed by atoms with E-state index in [2.05, 4.69) is 17.1 Å². The molecule has 1 N–H and O–H groups in total. The van der Waals surface area contributed by atoms with E-state index in [4.69, 9.17) is 0 Å². The van der Waals surface area contributed by atoms with Gasteiger partial charge in [0.2, 0.25) is 0 Å². The largest absolute Gasteiger partial charge is 0.313 e. The Hall–Kier alpha value is -0.390. The third-order valence-corrected chi connectivity index (χ3v) is 4.38. The maximum Gasteiger partial charge on any atom is 0.173 e. The van der Waals surface area contributed by atoms with Crippen molar-refractivity contribution < 1.29 is 8.42 Å². The van der Waals surface area contributed by atoms with Gasteiger partial charge in [-0.15, -0.1) is 0 Å². The topological polar surface area (TPSA) is 49.4 Å². The number of hydrogen-bond acceptors (Lipinski definition) is 4. The number of nitrogens with zero attached hydrogens (tertiary/aromatic N) is 1. The van der Waals surface area contributed by atoms with Crippen LogP contribution in [0.5, 0.6) is 0 Å². The van der Waals surface area contributed by atoms with Crippen molar-refractivity contribution in [3.63, 3.8) is 0 Å². The van der Waals surface area contributed by atoms with Crippen molar-refractivity contribution in [1.82, 2.24) is 10.2 Å². The van der Waals surface area contributed by atoms with E-state index < -0.39 is 9.84 Å². The van der Waals surface area contributed by atoms with E-state index in [-0.39, 0.29) is 11.8 Å². The Morgan fingerprint density at radius 3 is 2.93 bits per heavy atom. The molecule has 2 aliphatic heterocycles. The first-order chi connectivity index (χ1) is 7.07. The molecule has 0 saturated carbocycles. The van der Waals surface area contributed by atoms with Crippen LogP contribution in [0.1, 0.15) is 13.3 Å². The van der Waals surface area contributed by atoms with Crippen LogP contribution in [0, 0.1) is 0 Å². The summed E-state index contributed by atoms with van der Waals surface area (Å²) < 4.78 is 22.6. The molecular weight excluding hydrogens is 212 g/mol. The highest BCUT2D eigenvalue weighted by atomic mass is 32.2. The molecule has 86 valence electrons. The molecule has 15 heavy (non-hydrogen) atoms. The number of rotatable bonds is 1. The van der Waals surface area contributed by atoms with E-state index in [9.17, 15) is 8.42 Å². The van der Waals surface area contributed by atoms with Gasteiger partial charge in [-0.25, -0.2) is 8.42 Å². The Morgan fingerprint density at radius 1 is 1.47 bits per heavy atom. The highest BCUT2D eigenvalue weighted by molar-refractivity contribution is 7.94. The lowest BCUT2D eigenvalue weighted by Gasteiger charge is -2.26. The molecule has 4 nitrogen and oxygen atoms in total. The average Bonchev–Trinajstić information content (AvgIpc) is 2.39. The lowest BCUT2D eigenvalue weighted by molar-refractivity contribution is 0.244. The molecular formula is C10H18N2O2S. The van der Waals surface area contributed by atoms with Crippen LogP contribution in [0.25, 0.3) is 0 Å². The van der Waals surface area contributed by atoms with Crippen LogP contribution in [0.2, 0.25) is 0 Å². The Balaban J connectivity index is 2.02. The molecule has 1 fully saturated rings. The van der Waals surface area contributed by atoms with Gasteiger partial charge in [0.25, 0.3) is 0 Å². The third kappa shape index (κ3) is 2.80. The Morgan fingerprint density at radius 2 is 2.27 bits per heavy atom. The predicted molar refractivity (Wildman–Crippen MR) is 60.4 cm³/mol. The van der Waals surface area contributed by atoms with Crippen molar-refractivity contribution in [2.24, 2.45) is 0 Å². The minimum absolute atomic E-state index is 0.0948. The first-order valence-corrected chi connectivity index (χ1v) is 7.17. The summed E-state index contributed by atoms with van der Waals surface area (Å²) in [5.41, 5.74) is 0. The predicted octanol–water partition coefficient (Wildman–Crippen LogP) is -0.0191. The lowest BCUT2D eigenvalue weighted by atomic mass is 10.2. The van der Waals surface area contributed by atoms with Gasteiger partial charge in [0.1, 0.15) is 0 Å². The molecule has 0 bridgehead atoms. The van der Waals surface area contributed by atoms with Crippen molar-refractivity contribution in [3.05, 3.63) is 11.5 Å². The molecule has 0 aromatic rings. The highest BCUT2D eigenvalue weighted by Gasteiger charge is 2.28. The monoisotopic (exact) mass is 230 g/mol. The Labute approximate surface area is 91.3 Å². The van der Waals surface area contributed by atoms with Crippen molar-refractivity contribution in [1.29, 1.82) is 0 Å². The van der Waals surface area contributed by atoms with Gasteiger partial charge in [-0.05, 0) is 19.9 Å². The Bertz CT molecular complexity index is 350. The second kappa shape index (κ2) is 4.23. The minimum atomic E-state index is -2.92. The molecule has 0 aromatic carbocycles. The first-order valence-electron chi connectivity index (χ1n) is 5.45. The SMILES string of the molecule is CC1CN(C2C=CS(=O)(=O)C2)CCCN1. The summed E-state index contributed by atoms with van der Waals surface area (Å²) in [6.45, 7) is 5.10. The van der Waals surface area contributed by atoms with Crippen molar-refractivity contribution in [2.45, 2.75) is 25.4 Å². The highest BCUT2D eigenvalue weighted by Crippen LogP contribution is 2.16. The van der Waals surface area contributed by atoms with Crippen molar-refractivity contribution in [2.75, 3.05) is 25.4 Å². The summed E-state index contributed by atoms with van der Waals surface area (Å²) in [7, 11) is -2.92. The molecule has 0 aromatic heterocycles. The summed E-state index contributed by atoms with van der Waals surface area (Å²) in [5.74, 6) is 0.264. The van der Waals surface area contributed by atoms with E-state index in [0.717, 1.165) is 26.1 Å². The smallest absolute Gasteiger partial charge is 0.173 e. The lowest BCUT2D eigenvalue weighted by Crippen LogP contribution is -2.41. The molecule has 0 aliphatic carbocycles. The van der Waals surface area contributed by atoms with Crippen LogP contribution in [0.3, 0.4) is 0 Å². The van der Waals surface area contributed by atoms with Crippen LogP contribution < -0.4 is 5.32 Å². The molecule has 2 rings (SSSR count). The molecule has 2 heterocycles. The second-order valence-electron chi connectivity index (χ2n) is 4.43. The normalized spacial score (nSPS) is 36.6. The van der Waals surface area contributed by atoms with Gasteiger partial charge in [0, 0.05) is 30.6 Å². The molecule has 5 heteroatoms. The fourth-order valence-electron chi connectivity index (χ4n) is 2.23. The fraction of sp³-hybridized carbons (Fsp3) is 0.800. The zero-order valence-electron chi connectivity index (χ0n) is 9.02. The third-order valence-electron chi connectivity index (χ3n) is 3.00. The van der Waals surface area contributed by atoms with Crippen LogP contribution in [0.4, 0.5) is 0 Å². The molecule has 2 atom stereocenters. The van der Waals surface area contributed by atoms with Gasteiger partial charge >= 0.3 is 0 Å². The van der Waals surface area contributed by atoms with Gasteiger partial charge in [-0.3, -0.25) is 4.90 Å². The number of nitrogens with one attached hydrogen (secondary N) is 1. The van der Waals surface area contributed by atoms with Gasteiger partial charge in [0.15, 0.2) is 9.84 Å². The molecule has 0 amide bonds. The van der Waals surface area contributed by atoms with E-state index >= 15 is 0 Å². The Kier molecular flexibility index (Phi) is 3.13. The number of hydrogen-bond donors (Lipinski definition) is 1. The van der Waals surface area contributed by atoms with E-state index in [1.165, 1.54) is 5.41 Å². The quantitative estimate of drug-likeness (QED) is 0.688. The van der Waals surface area contributed by atoms with Crippen LogP contribution in [0.15, 0.2) is 11.5 Å². The summed E-state index contributed by atoms with van der Waals surface area (Å²) >= 11 is 0. The molecule has 2 unspecified atom stereocenters. The fourth-order valence-corrected chi connectivity index (χ4v) is 3.56. The molecule has 0 spiro atoms. The summed E-state index contributed by atoms with van der Waals surface area (Å²) in [6, 6.07) is 0.543. The molecule has 2 aliphatic rings. The zero-order chi connectivity index (χ0) is 10.9. The van der Waals surface area contributed by atoms with E-state index in [0.29, 0.717) is 6.04 Å². The van der Waals surface area contributed by atoms with Crippen LogP contribution in [-0.2, 0) is 9.84 Å². The van der Waals surface area contributed by atoms with E-state index in [1.807, 2.05) is 6.08 Å². The summed E-state index contributed by atoms with van der Waals surface area (Å²) in [4.78, 5) is 2.27. The summed E-state index contributed by atoms with van der Waals surface area (Å²) in [5, 5.41) is 4.77. The van der Waals surface area contributed by atoms with Crippen LogP contribution in [-0.4, -0.2) is 50.8 Å². The first kappa shape index (κ1) is 11.1. The minimum Gasteiger partial charge on any atom is -0.313 e. The van der Waals surface area contributed by atoms with Crippen LogP contribution >= 0.6 is 0 Å². The van der Waals surface area contributed by atoms with E-state index in [1.54, 1.807) is 0 Å². The molecule has 1 saturated heterocycles. The van der Waals surface area contributed by atoms with Gasteiger partial charge < -0.3 is 5.32 Å². The second-order valence-corrected chi connectivity index (χ2v) is 6.36. The van der Waals surface area contributed by atoms with Crippen molar-refractivity contribution in [3.8, 4) is 0 Å². The zero-order valence-corrected chi connectivity index (χ0v) is 9.83. The van der Waals surface area contributed by atoms with Crippen molar-refractivity contribution >= 4 is 9.84 Å². The van der Waals surface area contributed by atoms with Gasteiger partial charge in [-0.2, -0.15) is 0 Å². The maximum atomic E-state index is 11.3. The molecule has 0 radical (unpaired) electrons. The standard InChI is InChI=1S/C10H18N2O2S/c1-9-7-12(5-2-4-11-9)10-3-6-15(13,14)8-10/h3,6,9-11H,2,4-5,7-8H2,1H3. The van der Waals surface area contributed by atoms with Gasteiger partial charge in [0.05, 0.1) is 5.75 Å². The maximum absolute atomic E-state index is 11.3.